The van der Waals surface area contributed by atoms with Crippen molar-refractivity contribution in [3.63, 3.8) is 0 Å². The van der Waals surface area contributed by atoms with Gasteiger partial charge in [-0.25, -0.2) is 9.97 Å². The standard InChI is InChI=1S/C12H16ClN5/c1-8-11(13)15-9(2)16-12(8)17(3)6-10-5-14-18(4)7-10/h5,7H,6H2,1-4H3. The lowest BCUT2D eigenvalue weighted by Gasteiger charge is -2.20. The van der Waals surface area contributed by atoms with Crippen LogP contribution in [0.1, 0.15) is 17.0 Å². The Hall–Kier alpha value is -1.62. The molecule has 0 aliphatic heterocycles. The molecule has 0 spiro atoms. The van der Waals surface area contributed by atoms with Crippen LogP contribution >= 0.6 is 11.6 Å². The largest absolute Gasteiger partial charge is 0.355 e. The van der Waals surface area contributed by atoms with E-state index in [9.17, 15) is 0 Å². The van der Waals surface area contributed by atoms with E-state index < -0.39 is 0 Å². The molecule has 0 N–H and O–H groups in total. The molecule has 0 saturated heterocycles. The zero-order valence-corrected chi connectivity index (χ0v) is 11.7. The summed E-state index contributed by atoms with van der Waals surface area (Å²) in [4.78, 5) is 10.6. The van der Waals surface area contributed by atoms with E-state index in [0.29, 0.717) is 11.0 Å². The number of nitrogens with zero attached hydrogens (tertiary/aromatic N) is 5. The molecule has 0 atom stereocenters. The van der Waals surface area contributed by atoms with Gasteiger partial charge in [-0.3, -0.25) is 4.68 Å². The molecule has 0 radical (unpaired) electrons. The van der Waals surface area contributed by atoms with Gasteiger partial charge in [0, 0.05) is 38.0 Å². The van der Waals surface area contributed by atoms with Gasteiger partial charge in [0.1, 0.15) is 16.8 Å². The first-order chi connectivity index (χ1) is 8.47. The second-order valence-electron chi connectivity index (χ2n) is 4.39. The van der Waals surface area contributed by atoms with Gasteiger partial charge >= 0.3 is 0 Å². The summed E-state index contributed by atoms with van der Waals surface area (Å²) < 4.78 is 1.79. The number of aromatic nitrogens is 4. The first-order valence-electron chi connectivity index (χ1n) is 5.66. The fraction of sp³-hybridized carbons (Fsp3) is 0.417. The number of hydrogen-bond acceptors (Lipinski definition) is 4. The van der Waals surface area contributed by atoms with Gasteiger partial charge in [0.2, 0.25) is 0 Å². The van der Waals surface area contributed by atoms with Crippen LogP contribution < -0.4 is 4.90 Å². The molecule has 2 rings (SSSR count). The van der Waals surface area contributed by atoms with Gasteiger partial charge in [-0.15, -0.1) is 0 Å². The van der Waals surface area contributed by atoms with Crippen molar-refractivity contribution in [1.82, 2.24) is 19.7 Å². The lowest BCUT2D eigenvalue weighted by molar-refractivity contribution is 0.766. The third-order valence-corrected chi connectivity index (χ3v) is 3.08. The second-order valence-corrected chi connectivity index (χ2v) is 4.75. The van der Waals surface area contributed by atoms with Gasteiger partial charge in [0.15, 0.2) is 0 Å². The summed E-state index contributed by atoms with van der Waals surface area (Å²) in [7, 11) is 3.89. The number of aryl methyl sites for hydroxylation is 2. The molecule has 0 aromatic carbocycles. The van der Waals surface area contributed by atoms with Crippen LogP contribution in [-0.4, -0.2) is 26.8 Å². The highest BCUT2D eigenvalue weighted by molar-refractivity contribution is 6.30. The summed E-state index contributed by atoms with van der Waals surface area (Å²) in [6, 6.07) is 0. The summed E-state index contributed by atoms with van der Waals surface area (Å²) in [5, 5.41) is 4.66. The third-order valence-electron chi connectivity index (χ3n) is 2.71. The molecule has 2 heterocycles. The normalized spacial score (nSPS) is 10.7. The molecule has 6 heteroatoms. The van der Waals surface area contributed by atoms with Crippen molar-refractivity contribution in [3.8, 4) is 0 Å². The zero-order valence-electron chi connectivity index (χ0n) is 11.0. The van der Waals surface area contributed by atoms with Crippen LogP contribution in [0.3, 0.4) is 0 Å². The van der Waals surface area contributed by atoms with Crippen molar-refractivity contribution in [1.29, 1.82) is 0 Å². The van der Waals surface area contributed by atoms with Crippen LogP contribution in [0, 0.1) is 13.8 Å². The second kappa shape index (κ2) is 4.94. The highest BCUT2D eigenvalue weighted by Crippen LogP contribution is 2.23. The van der Waals surface area contributed by atoms with E-state index in [1.807, 2.05) is 45.2 Å². The maximum absolute atomic E-state index is 6.08. The quantitative estimate of drug-likeness (QED) is 0.798. The van der Waals surface area contributed by atoms with Gasteiger partial charge in [0.25, 0.3) is 0 Å². The third kappa shape index (κ3) is 2.61. The van der Waals surface area contributed by atoms with Gasteiger partial charge in [0.05, 0.1) is 6.20 Å². The highest BCUT2D eigenvalue weighted by Gasteiger charge is 2.12. The number of hydrogen-bond donors (Lipinski definition) is 0. The molecule has 18 heavy (non-hydrogen) atoms. The Morgan fingerprint density at radius 3 is 2.67 bits per heavy atom. The molecule has 0 aliphatic rings. The Morgan fingerprint density at radius 1 is 1.33 bits per heavy atom. The summed E-state index contributed by atoms with van der Waals surface area (Å²) in [5.41, 5.74) is 2.03. The maximum Gasteiger partial charge on any atom is 0.137 e. The van der Waals surface area contributed by atoms with Gasteiger partial charge in [-0.1, -0.05) is 11.6 Å². The summed E-state index contributed by atoms with van der Waals surface area (Å²) in [6.45, 7) is 4.51. The van der Waals surface area contributed by atoms with E-state index in [-0.39, 0.29) is 0 Å². The number of anilines is 1. The molecule has 2 aromatic rings. The van der Waals surface area contributed by atoms with Crippen molar-refractivity contribution in [2.45, 2.75) is 20.4 Å². The zero-order chi connectivity index (χ0) is 13.3. The van der Waals surface area contributed by atoms with E-state index in [0.717, 1.165) is 23.5 Å². The van der Waals surface area contributed by atoms with E-state index in [1.165, 1.54) is 0 Å². The summed E-state index contributed by atoms with van der Waals surface area (Å²) >= 11 is 6.08. The Kier molecular flexibility index (Phi) is 3.52. The van der Waals surface area contributed by atoms with Crippen molar-refractivity contribution in [3.05, 3.63) is 34.5 Å². The maximum atomic E-state index is 6.08. The average molecular weight is 266 g/mol. The lowest BCUT2D eigenvalue weighted by atomic mass is 10.3. The molecular weight excluding hydrogens is 250 g/mol. The van der Waals surface area contributed by atoms with Crippen molar-refractivity contribution >= 4 is 17.4 Å². The first kappa shape index (κ1) is 12.8. The van der Waals surface area contributed by atoms with Crippen LogP contribution in [0.4, 0.5) is 5.82 Å². The fourth-order valence-electron chi connectivity index (χ4n) is 1.85. The lowest BCUT2D eigenvalue weighted by Crippen LogP contribution is -2.19. The number of halogens is 1. The highest BCUT2D eigenvalue weighted by atomic mass is 35.5. The predicted octanol–water partition coefficient (Wildman–Crippen LogP) is 2.12. The Bertz CT molecular complexity index is 564. The smallest absolute Gasteiger partial charge is 0.137 e. The molecule has 0 saturated carbocycles. The molecule has 0 fully saturated rings. The molecule has 0 aliphatic carbocycles. The van der Waals surface area contributed by atoms with Crippen LogP contribution in [0.25, 0.3) is 0 Å². The Labute approximate surface area is 111 Å². The molecule has 96 valence electrons. The van der Waals surface area contributed by atoms with E-state index in [2.05, 4.69) is 15.1 Å². The first-order valence-corrected chi connectivity index (χ1v) is 6.04. The molecule has 2 aromatic heterocycles. The van der Waals surface area contributed by atoms with Crippen LogP contribution in [0.2, 0.25) is 5.15 Å². The minimum Gasteiger partial charge on any atom is -0.355 e. The Balaban J connectivity index is 2.26. The van der Waals surface area contributed by atoms with E-state index in [1.54, 1.807) is 4.68 Å². The molecule has 0 bridgehead atoms. The topological polar surface area (TPSA) is 46.8 Å². The molecular formula is C12H16ClN5. The van der Waals surface area contributed by atoms with Gasteiger partial charge < -0.3 is 4.90 Å². The van der Waals surface area contributed by atoms with Crippen LogP contribution in [0.15, 0.2) is 12.4 Å². The monoisotopic (exact) mass is 265 g/mol. The van der Waals surface area contributed by atoms with Gasteiger partial charge in [-0.05, 0) is 13.8 Å². The Morgan fingerprint density at radius 2 is 2.06 bits per heavy atom. The van der Waals surface area contributed by atoms with E-state index in [4.69, 9.17) is 11.6 Å². The number of rotatable bonds is 3. The minimum atomic E-state index is 0.510. The molecule has 0 amide bonds. The average Bonchev–Trinajstić information content (AvgIpc) is 2.69. The minimum absolute atomic E-state index is 0.510. The van der Waals surface area contributed by atoms with Crippen molar-refractivity contribution < 1.29 is 0 Å². The van der Waals surface area contributed by atoms with Crippen LogP contribution in [-0.2, 0) is 13.6 Å². The SMILES string of the molecule is Cc1nc(Cl)c(C)c(N(C)Cc2cnn(C)c2)n1. The van der Waals surface area contributed by atoms with Crippen LogP contribution in [0.5, 0.6) is 0 Å². The summed E-state index contributed by atoms with van der Waals surface area (Å²) in [5.74, 6) is 1.54. The summed E-state index contributed by atoms with van der Waals surface area (Å²) in [6.07, 6.45) is 3.84. The van der Waals surface area contributed by atoms with E-state index >= 15 is 0 Å². The molecule has 5 nitrogen and oxygen atoms in total. The predicted molar refractivity (Wildman–Crippen MR) is 71.8 cm³/mol. The van der Waals surface area contributed by atoms with Crippen molar-refractivity contribution in [2.75, 3.05) is 11.9 Å². The molecule has 0 unspecified atom stereocenters. The van der Waals surface area contributed by atoms with Crippen molar-refractivity contribution in [2.24, 2.45) is 7.05 Å². The van der Waals surface area contributed by atoms with Gasteiger partial charge in [-0.2, -0.15) is 5.10 Å². The fourth-order valence-corrected chi connectivity index (χ4v) is 2.06.